The summed E-state index contributed by atoms with van der Waals surface area (Å²) in [7, 11) is 0. The lowest BCUT2D eigenvalue weighted by Crippen LogP contribution is -2.44. The van der Waals surface area contributed by atoms with Crippen LogP contribution in [0.15, 0.2) is 30.3 Å². The van der Waals surface area contributed by atoms with Crippen LogP contribution in [0.3, 0.4) is 0 Å². The maximum atomic E-state index is 11.4. The first-order chi connectivity index (χ1) is 10.8. The SMILES string of the molecule is O=C(CCl)NC1CCC(N(Cc2ccccc2)C2CC2)CC1. The summed E-state index contributed by atoms with van der Waals surface area (Å²) in [5.74, 6) is 0.0377. The van der Waals surface area contributed by atoms with Crippen molar-refractivity contribution in [1.29, 1.82) is 0 Å². The average molecular weight is 321 g/mol. The van der Waals surface area contributed by atoms with Gasteiger partial charge in [0, 0.05) is 24.7 Å². The van der Waals surface area contributed by atoms with Gasteiger partial charge in [0.2, 0.25) is 5.91 Å². The number of carbonyl (C=O) groups excluding carboxylic acids is 1. The van der Waals surface area contributed by atoms with Gasteiger partial charge in [0.1, 0.15) is 5.88 Å². The standard InChI is InChI=1S/C18H25ClN2O/c19-12-18(22)20-15-6-8-16(9-7-15)21(17-10-11-17)13-14-4-2-1-3-5-14/h1-5,15-17H,6-13H2,(H,20,22). The van der Waals surface area contributed by atoms with Gasteiger partial charge in [-0.05, 0) is 44.1 Å². The van der Waals surface area contributed by atoms with Gasteiger partial charge in [0.15, 0.2) is 0 Å². The number of nitrogens with zero attached hydrogens (tertiary/aromatic N) is 1. The number of hydrogen-bond donors (Lipinski definition) is 1. The fourth-order valence-electron chi connectivity index (χ4n) is 3.57. The number of amides is 1. The summed E-state index contributed by atoms with van der Waals surface area (Å²) in [6.07, 6.45) is 7.19. The molecule has 1 N–H and O–H groups in total. The molecule has 2 aliphatic carbocycles. The van der Waals surface area contributed by atoms with Crippen LogP contribution < -0.4 is 5.32 Å². The van der Waals surface area contributed by atoms with Crippen molar-refractivity contribution in [3.8, 4) is 0 Å². The molecular weight excluding hydrogens is 296 g/mol. The van der Waals surface area contributed by atoms with Crippen LogP contribution in [0.2, 0.25) is 0 Å². The van der Waals surface area contributed by atoms with Crippen LogP contribution in [0.5, 0.6) is 0 Å². The highest BCUT2D eigenvalue weighted by molar-refractivity contribution is 6.27. The maximum absolute atomic E-state index is 11.4. The van der Waals surface area contributed by atoms with Gasteiger partial charge in [-0.1, -0.05) is 30.3 Å². The van der Waals surface area contributed by atoms with E-state index in [9.17, 15) is 4.79 Å². The molecule has 1 aromatic rings. The lowest BCUT2D eigenvalue weighted by Gasteiger charge is -2.37. The predicted octanol–water partition coefficient (Wildman–Crippen LogP) is 3.32. The van der Waals surface area contributed by atoms with Crippen LogP contribution in [0.25, 0.3) is 0 Å². The minimum Gasteiger partial charge on any atom is -0.352 e. The van der Waals surface area contributed by atoms with Gasteiger partial charge >= 0.3 is 0 Å². The van der Waals surface area contributed by atoms with E-state index in [1.165, 1.54) is 31.2 Å². The number of benzene rings is 1. The topological polar surface area (TPSA) is 32.3 Å². The molecular formula is C18H25ClN2O. The monoisotopic (exact) mass is 320 g/mol. The molecule has 0 bridgehead atoms. The Bertz CT molecular complexity index is 481. The van der Waals surface area contributed by atoms with Gasteiger partial charge in [0.25, 0.3) is 0 Å². The summed E-state index contributed by atoms with van der Waals surface area (Å²) in [6.45, 7) is 1.06. The van der Waals surface area contributed by atoms with E-state index in [2.05, 4.69) is 40.5 Å². The number of nitrogens with one attached hydrogen (secondary N) is 1. The largest absolute Gasteiger partial charge is 0.352 e. The highest BCUT2D eigenvalue weighted by Gasteiger charge is 2.35. The molecule has 22 heavy (non-hydrogen) atoms. The highest BCUT2D eigenvalue weighted by atomic mass is 35.5. The van der Waals surface area contributed by atoms with Gasteiger partial charge < -0.3 is 5.32 Å². The summed E-state index contributed by atoms with van der Waals surface area (Å²) >= 11 is 5.57. The summed E-state index contributed by atoms with van der Waals surface area (Å²) in [5, 5.41) is 3.03. The normalized spacial score (nSPS) is 25.2. The number of carbonyl (C=O) groups is 1. The van der Waals surface area contributed by atoms with Crippen molar-refractivity contribution in [2.75, 3.05) is 5.88 Å². The number of alkyl halides is 1. The Morgan fingerprint density at radius 1 is 1.05 bits per heavy atom. The first-order valence-corrected chi connectivity index (χ1v) is 8.94. The average Bonchev–Trinajstić information content (AvgIpc) is 3.39. The molecule has 0 aromatic heterocycles. The van der Waals surface area contributed by atoms with Crippen molar-refractivity contribution in [3.05, 3.63) is 35.9 Å². The van der Waals surface area contributed by atoms with Crippen LogP contribution in [-0.4, -0.2) is 34.8 Å². The van der Waals surface area contributed by atoms with Crippen LogP contribution in [0.4, 0.5) is 0 Å². The van der Waals surface area contributed by atoms with E-state index in [-0.39, 0.29) is 11.8 Å². The van der Waals surface area contributed by atoms with E-state index in [1.54, 1.807) is 0 Å². The zero-order chi connectivity index (χ0) is 15.4. The van der Waals surface area contributed by atoms with E-state index >= 15 is 0 Å². The van der Waals surface area contributed by atoms with E-state index in [0.717, 1.165) is 25.4 Å². The molecule has 120 valence electrons. The highest BCUT2D eigenvalue weighted by Crippen LogP contribution is 2.35. The fraction of sp³-hybridized carbons (Fsp3) is 0.611. The zero-order valence-electron chi connectivity index (χ0n) is 13.0. The van der Waals surface area contributed by atoms with E-state index in [1.807, 2.05) is 0 Å². The van der Waals surface area contributed by atoms with Crippen molar-refractivity contribution in [1.82, 2.24) is 10.2 Å². The van der Waals surface area contributed by atoms with Crippen molar-refractivity contribution in [2.24, 2.45) is 0 Å². The second-order valence-corrected chi connectivity index (χ2v) is 6.86. The summed E-state index contributed by atoms with van der Waals surface area (Å²) in [6, 6.07) is 12.5. The van der Waals surface area contributed by atoms with Crippen LogP contribution >= 0.6 is 11.6 Å². The fourth-order valence-corrected chi connectivity index (χ4v) is 3.65. The van der Waals surface area contributed by atoms with Gasteiger partial charge in [-0.2, -0.15) is 0 Å². The molecule has 0 radical (unpaired) electrons. The van der Waals surface area contributed by atoms with Crippen molar-refractivity contribution >= 4 is 17.5 Å². The Morgan fingerprint density at radius 2 is 1.64 bits per heavy atom. The van der Waals surface area contributed by atoms with Crippen LogP contribution in [0, 0.1) is 0 Å². The molecule has 0 unspecified atom stereocenters. The van der Waals surface area contributed by atoms with Gasteiger partial charge in [-0.15, -0.1) is 11.6 Å². The molecule has 2 fully saturated rings. The minimum atomic E-state index is -0.0338. The van der Waals surface area contributed by atoms with E-state index < -0.39 is 0 Å². The summed E-state index contributed by atoms with van der Waals surface area (Å²) in [4.78, 5) is 14.1. The molecule has 0 heterocycles. The lowest BCUT2D eigenvalue weighted by atomic mass is 9.89. The number of rotatable bonds is 6. The molecule has 0 atom stereocenters. The molecule has 4 heteroatoms. The van der Waals surface area contributed by atoms with Crippen molar-refractivity contribution in [3.63, 3.8) is 0 Å². The predicted molar refractivity (Wildman–Crippen MR) is 89.9 cm³/mol. The molecule has 1 amide bonds. The molecule has 3 rings (SSSR count). The van der Waals surface area contributed by atoms with Gasteiger partial charge in [-0.25, -0.2) is 0 Å². The van der Waals surface area contributed by atoms with Crippen molar-refractivity contribution in [2.45, 2.75) is 63.2 Å². The van der Waals surface area contributed by atoms with E-state index in [0.29, 0.717) is 12.1 Å². The molecule has 0 spiro atoms. The smallest absolute Gasteiger partial charge is 0.235 e. The quantitative estimate of drug-likeness (QED) is 0.816. The van der Waals surface area contributed by atoms with Gasteiger partial charge in [-0.3, -0.25) is 9.69 Å². The Labute approximate surface area is 138 Å². The summed E-state index contributed by atoms with van der Waals surface area (Å²) in [5.41, 5.74) is 1.41. The van der Waals surface area contributed by atoms with Crippen LogP contribution in [-0.2, 0) is 11.3 Å². The van der Waals surface area contributed by atoms with Crippen molar-refractivity contribution < 1.29 is 4.79 Å². The summed E-state index contributed by atoms with van der Waals surface area (Å²) < 4.78 is 0. The Kier molecular flexibility index (Phi) is 5.37. The third-order valence-corrected chi connectivity index (χ3v) is 5.12. The number of halogens is 1. The molecule has 1 aromatic carbocycles. The molecule has 0 saturated heterocycles. The zero-order valence-corrected chi connectivity index (χ0v) is 13.8. The second kappa shape index (κ2) is 7.47. The Hall–Kier alpha value is -1.06. The Balaban J connectivity index is 1.54. The maximum Gasteiger partial charge on any atom is 0.235 e. The molecule has 2 aliphatic rings. The number of hydrogen-bond acceptors (Lipinski definition) is 2. The lowest BCUT2D eigenvalue weighted by molar-refractivity contribution is -0.119. The van der Waals surface area contributed by atoms with Gasteiger partial charge in [0.05, 0.1) is 0 Å². The third-order valence-electron chi connectivity index (χ3n) is 4.88. The molecule has 0 aliphatic heterocycles. The molecule has 3 nitrogen and oxygen atoms in total. The first kappa shape index (κ1) is 15.8. The first-order valence-electron chi connectivity index (χ1n) is 8.41. The second-order valence-electron chi connectivity index (χ2n) is 6.60. The van der Waals surface area contributed by atoms with E-state index in [4.69, 9.17) is 11.6 Å². The minimum absolute atomic E-state index is 0.0338. The molecule has 2 saturated carbocycles. The van der Waals surface area contributed by atoms with Crippen LogP contribution in [0.1, 0.15) is 44.1 Å². The third kappa shape index (κ3) is 4.23. The Morgan fingerprint density at radius 3 is 2.18 bits per heavy atom.